The van der Waals surface area contributed by atoms with Gasteiger partial charge in [0.2, 0.25) is 12.2 Å². The van der Waals surface area contributed by atoms with E-state index in [0.29, 0.717) is 18.9 Å². The Morgan fingerprint density at radius 1 is 1.09 bits per heavy atom. The van der Waals surface area contributed by atoms with Gasteiger partial charge in [0.15, 0.2) is 11.5 Å². The maximum atomic E-state index is 12.0. The van der Waals surface area contributed by atoms with Crippen LogP contribution in [0.1, 0.15) is 52.0 Å². The van der Waals surface area contributed by atoms with E-state index in [4.69, 9.17) is 19.3 Å². The highest BCUT2D eigenvalue weighted by atomic mass is 16.8. The maximum Gasteiger partial charge on any atom is 0.517 e. The van der Waals surface area contributed by atoms with E-state index in [0.717, 1.165) is 24.8 Å². The topological polar surface area (TPSA) is 120 Å². The molecule has 1 amide bonds. The SMILES string of the molecule is COc1cc(CNC(=O)CCCC/C=C/C(C)C)ccc1OC(=O)OC(C)OC(=O)CO. The number of hydrogen-bond acceptors (Lipinski definition) is 8. The van der Waals surface area contributed by atoms with Crippen LogP contribution < -0.4 is 14.8 Å². The third kappa shape index (κ3) is 11.4. The van der Waals surface area contributed by atoms with Gasteiger partial charge in [0, 0.05) is 19.9 Å². The number of methoxy groups -OCH3 is 1. The van der Waals surface area contributed by atoms with Crippen LogP contribution in [-0.4, -0.2) is 43.1 Å². The molecule has 178 valence electrons. The lowest BCUT2D eigenvalue weighted by molar-refractivity contribution is -0.169. The number of esters is 1. The van der Waals surface area contributed by atoms with Gasteiger partial charge < -0.3 is 29.4 Å². The van der Waals surface area contributed by atoms with Crippen LogP contribution in [0.5, 0.6) is 11.5 Å². The van der Waals surface area contributed by atoms with Crippen molar-refractivity contribution in [1.82, 2.24) is 5.32 Å². The number of benzene rings is 1. The summed E-state index contributed by atoms with van der Waals surface area (Å²) in [7, 11) is 1.41. The van der Waals surface area contributed by atoms with Crippen molar-refractivity contribution in [1.29, 1.82) is 0 Å². The molecule has 32 heavy (non-hydrogen) atoms. The lowest BCUT2D eigenvalue weighted by atomic mass is 10.1. The number of ether oxygens (including phenoxy) is 4. The van der Waals surface area contributed by atoms with Crippen molar-refractivity contribution in [3.05, 3.63) is 35.9 Å². The molecule has 1 unspecified atom stereocenters. The molecular weight excluding hydrogens is 418 g/mol. The molecule has 0 saturated heterocycles. The average molecular weight is 452 g/mol. The van der Waals surface area contributed by atoms with Crippen molar-refractivity contribution in [2.75, 3.05) is 13.7 Å². The van der Waals surface area contributed by atoms with Crippen LogP contribution in [0.15, 0.2) is 30.4 Å². The zero-order valence-electron chi connectivity index (χ0n) is 19.1. The van der Waals surface area contributed by atoms with Gasteiger partial charge in [-0.1, -0.05) is 32.1 Å². The van der Waals surface area contributed by atoms with Crippen LogP contribution in [0.4, 0.5) is 4.79 Å². The molecule has 0 aliphatic heterocycles. The summed E-state index contributed by atoms with van der Waals surface area (Å²) >= 11 is 0. The molecule has 1 aromatic rings. The molecule has 0 saturated carbocycles. The number of unbranched alkanes of at least 4 members (excludes halogenated alkanes) is 2. The van der Waals surface area contributed by atoms with Gasteiger partial charge in [-0.3, -0.25) is 4.79 Å². The van der Waals surface area contributed by atoms with Gasteiger partial charge in [-0.15, -0.1) is 0 Å². The van der Waals surface area contributed by atoms with Crippen molar-refractivity contribution in [2.24, 2.45) is 5.92 Å². The second kappa shape index (κ2) is 14.9. The predicted molar refractivity (Wildman–Crippen MR) is 117 cm³/mol. The van der Waals surface area contributed by atoms with Gasteiger partial charge in [-0.2, -0.15) is 0 Å². The second-order valence-electron chi connectivity index (χ2n) is 7.37. The zero-order chi connectivity index (χ0) is 23.9. The number of aliphatic hydroxyl groups excluding tert-OH is 1. The molecule has 1 rings (SSSR count). The van der Waals surface area contributed by atoms with Crippen LogP contribution in [-0.2, 0) is 25.6 Å². The summed E-state index contributed by atoms with van der Waals surface area (Å²) in [5.41, 5.74) is 0.765. The summed E-state index contributed by atoms with van der Waals surface area (Å²) in [5.74, 6) is -0.0597. The van der Waals surface area contributed by atoms with Gasteiger partial charge in [-0.25, -0.2) is 9.59 Å². The quantitative estimate of drug-likeness (QED) is 0.154. The molecule has 1 atom stereocenters. The van der Waals surface area contributed by atoms with Crippen molar-refractivity contribution in [2.45, 2.75) is 59.3 Å². The Hall–Kier alpha value is -3.07. The summed E-state index contributed by atoms with van der Waals surface area (Å²) in [6.07, 6.45) is 5.18. The minimum Gasteiger partial charge on any atom is -0.493 e. The summed E-state index contributed by atoms with van der Waals surface area (Å²) in [5, 5.41) is 11.5. The van der Waals surface area contributed by atoms with Crippen molar-refractivity contribution in [3.8, 4) is 11.5 Å². The molecule has 0 heterocycles. The van der Waals surface area contributed by atoms with E-state index in [9.17, 15) is 14.4 Å². The summed E-state index contributed by atoms with van der Waals surface area (Å²) in [6, 6.07) is 4.82. The summed E-state index contributed by atoms with van der Waals surface area (Å²) < 4.78 is 19.7. The fourth-order valence-electron chi connectivity index (χ4n) is 2.61. The van der Waals surface area contributed by atoms with E-state index in [1.165, 1.54) is 20.1 Å². The largest absolute Gasteiger partial charge is 0.517 e. The Morgan fingerprint density at radius 3 is 2.50 bits per heavy atom. The molecule has 9 heteroatoms. The first-order chi connectivity index (χ1) is 15.2. The van der Waals surface area contributed by atoms with Gasteiger partial charge in [0.05, 0.1) is 7.11 Å². The highest BCUT2D eigenvalue weighted by molar-refractivity contribution is 5.75. The van der Waals surface area contributed by atoms with Gasteiger partial charge in [0.1, 0.15) is 6.61 Å². The van der Waals surface area contributed by atoms with Crippen molar-refractivity contribution >= 4 is 18.0 Å². The molecule has 9 nitrogen and oxygen atoms in total. The molecule has 2 N–H and O–H groups in total. The standard InChI is InChI=1S/C23H33NO8/c1-16(2)9-7-5-6-8-10-21(26)24-14-18-11-12-19(20(13-18)29-4)32-23(28)31-17(3)30-22(27)15-25/h7,9,11-13,16-17,25H,5-6,8,10,14-15H2,1-4H3,(H,24,26)/b9-7+. The fourth-order valence-corrected chi connectivity index (χ4v) is 2.61. The first-order valence-corrected chi connectivity index (χ1v) is 10.5. The lowest BCUT2D eigenvalue weighted by Crippen LogP contribution is -2.25. The summed E-state index contributed by atoms with van der Waals surface area (Å²) in [6.45, 7) is 5.04. The van der Waals surface area contributed by atoms with Gasteiger partial charge in [0.25, 0.3) is 0 Å². The van der Waals surface area contributed by atoms with Crippen LogP contribution in [0, 0.1) is 5.92 Å². The first-order valence-electron chi connectivity index (χ1n) is 10.5. The smallest absolute Gasteiger partial charge is 0.493 e. The van der Waals surface area contributed by atoms with E-state index >= 15 is 0 Å². The van der Waals surface area contributed by atoms with Crippen molar-refractivity contribution in [3.63, 3.8) is 0 Å². The number of amides is 1. The van der Waals surface area contributed by atoms with E-state index < -0.39 is 25.0 Å². The summed E-state index contributed by atoms with van der Waals surface area (Å²) in [4.78, 5) is 34.8. The Morgan fingerprint density at radius 2 is 1.84 bits per heavy atom. The highest BCUT2D eigenvalue weighted by Gasteiger charge is 2.17. The third-order valence-electron chi connectivity index (χ3n) is 4.15. The minimum atomic E-state index is -1.23. The van der Waals surface area contributed by atoms with E-state index in [1.807, 2.05) is 0 Å². The van der Waals surface area contributed by atoms with Crippen LogP contribution in [0.2, 0.25) is 0 Å². The zero-order valence-corrected chi connectivity index (χ0v) is 19.1. The molecule has 0 bridgehead atoms. The van der Waals surface area contributed by atoms with Crippen molar-refractivity contribution < 1.29 is 38.4 Å². The molecule has 0 fully saturated rings. The Balaban J connectivity index is 2.47. The normalized spacial score (nSPS) is 11.8. The monoisotopic (exact) mass is 451 g/mol. The number of hydrogen-bond donors (Lipinski definition) is 2. The predicted octanol–water partition coefficient (Wildman–Crippen LogP) is 3.48. The minimum absolute atomic E-state index is 0.0351. The molecular formula is C23H33NO8. The van der Waals surface area contributed by atoms with Crippen LogP contribution in [0.3, 0.4) is 0 Å². The number of aliphatic hydroxyl groups is 1. The molecule has 0 aliphatic carbocycles. The number of nitrogens with one attached hydrogen (secondary N) is 1. The van der Waals surface area contributed by atoms with Crippen LogP contribution >= 0.6 is 0 Å². The molecule has 0 radical (unpaired) electrons. The number of carbonyl (C=O) groups excluding carboxylic acids is 3. The van der Waals surface area contributed by atoms with E-state index in [1.54, 1.807) is 12.1 Å². The van der Waals surface area contributed by atoms with Gasteiger partial charge in [-0.05, 0) is 42.9 Å². The number of carbonyl (C=O) groups is 3. The molecule has 0 spiro atoms. The highest BCUT2D eigenvalue weighted by Crippen LogP contribution is 2.28. The Bertz CT molecular complexity index is 775. The third-order valence-corrected chi connectivity index (χ3v) is 4.15. The fraction of sp³-hybridized carbons (Fsp3) is 0.522. The number of allylic oxidation sites excluding steroid dienone is 2. The second-order valence-corrected chi connectivity index (χ2v) is 7.37. The first kappa shape index (κ1) is 27.0. The Labute approximate surface area is 188 Å². The van der Waals surface area contributed by atoms with Gasteiger partial charge >= 0.3 is 12.1 Å². The van der Waals surface area contributed by atoms with E-state index in [-0.39, 0.29) is 17.4 Å². The van der Waals surface area contributed by atoms with E-state index in [2.05, 4.69) is 36.1 Å². The van der Waals surface area contributed by atoms with Crippen LogP contribution in [0.25, 0.3) is 0 Å². The molecule has 1 aromatic carbocycles. The average Bonchev–Trinajstić information content (AvgIpc) is 2.74. The Kier molecular flexibility index (Phi) is 12.5. The lowest BCUT2D eigenvalue weighted by Gasteiger charge is -2.15. The maximum absolute atomic E-state index is 12.0. The molecule has 0 aromatic heterocycles. The number of rotatable bonds is 13. The molecule has 0 aliphatic rings.